The maximum atomic E-state index is 12.1. The molecule has 0 radical (unpaired) electrons. The van der Waals surface area contributed by atoms with Gasteiger partial charge in [0.05, 0.1) is 7.11 Å². The summed E-state index contributed by atoms with van der Waals surface area (Å²) in [6.45, 7) is 1.91. The molecule has 2 rings (SSSR count). The van der Waals surface area contributed by atoms with Gasteiger partial charge in [-0.15, -0.1) is 0 Å². The molecule has 19 heavy (non-hydrogen) atoms. The molecule has 2 aromatic carbocycles. The lowest BCUT2D eigenvalue weighted by molar-refractivity contribution is 0.104. The standard InChI is InChI=1S/C17H16O2/c1-13-12-15(19-2)9-10-16(13)17(18)11-8-14-6-4-3-5-7-14/h3-12H,1-2H3/b11-8+. The van der Waals surface area contributed by atoms with Crippen molar-refractivity contribution in [2.75, 3.05) is 7.11 Å². The minimum absolute atomic E-state index is 0.00371. The van der Waals surface area contributed by atoms with Gasteiger partial charge in [0.1, 0.15) is 5.75 Å². The molecule has 2 aromatic rings. The fraction of sp³-hybridized carbons (Fsp3) is 0.118. The van der Waals surface area contributed by atoms with Crippen LogP contribution in [0.5, 0.6) is 5.75 Å². The number of ketones is 1. The molecule has 0 saturated carbocycles. The Morgan fingerprint density at radius 3 is 2.47 bits per heavy atom. The van der Waals surface area contributed by atoms with Gasteiger partial charge < -0.3 is 4.74 Å². The lowest BCUT2D eigenvalue weighted by Gasteiger charge is -2.05. The Morgan fingerprint density at radius 2 is 1.84 bits per heavy atom. The molecule has 0 fully saturated rings. The first-order valence-corrected chi connectivity index (χ1v) is 6.13. The van der Waals surface area contributed by atoms with E-state index in [-0.39, 0.29) is 5.78 Å². The van der Waals surface area contributed by atoms with Crippen LogP contribution < -0.4 is 4.74 Å². The molecule has 2 nitrogen and oxygen atoms in total. The highest BCUT2D eigenvalue weighted by Crippen LogP contribution is 2.18. The second kappa shape index (κ2) is 6.01. The largest absolute Gasteiger partial charge is 0.497 e. The monoisotopic (exact) mass is 252 g/mol. The molecule has 0 aliphatic rings. The van der Waals surface area contributed by atoms with Crippen molar-refractivity contribution in [3.05, 3.63) is 71.3 Å². The average molecular weight is 252 g/mol. The van der Waals surface area contributed by atoms with E-state index in [1.165, 1.54) is 0 Å². The molecule has 0 aromatic heterocycles. The predicted molar refractivity (Wildman–Crippen MR) is 77.5 cm³/mol. The quantitative estimate of drug-likeness (QED) is 0.609. The minimum atomic E-state index is 0.00371. The Balaban J connectivity index is 2.19. The molecule has 0 spiro atoms. The van der Waals surface area contributed by atoms with Crippen LogP contribution in [-0.2, 0) is 0 Å². The van der Waals surface area contributed by atoms with Gasteiger partial charge in [0, 0.05) is 5.56 Å². The van der Waals surface area contributed by atoms with Crippen molar-refractivity contribution in [1.82, 2.24) is 0 Å². The van der Waals surface area contributed by atoms with Crippen molar-refractivity contribution >= 4 is 11.9 Å². The van der Waals surface area contributed by atoms with E-state index in [9.17, 15) is 4.79 Å². The summed E-state index contributed by atoms with van der Waals surface area (Å²) < 4.78 is 5.13. The van der Waals surface area contributed by atoms with Crippen LogP contribution in [0.3, 0.4) is 0 Å². The molecular formula is C17H16O2. The molecule has 0 unspecified atom stereocenters. The number of carbonyl (C=O) groups is 1. The highest BCUT2D eigenvalue weighted by molar-refractivity contribution is 6.07. The molecule has 0 aliphatic heterocycles. The Hall–Kier alpha value is -2.35. The summed E-state index contributed by atoms with van der Waals surface area (Å²) in [4.78, 5) is 12.1. The third-order valence-electron chi connectivity index (χ3n) is 2.93. The molecular weight excluding hydrogens is 236 g/mol. The molecule has 0 bridgehead atoms. The number of methoxy groups -OCH3 is 1. The number of aryl methyl sites for hydroxylation is 1. The second-order valence-corrected chi connectivity index (χ2v) is 4.29. The van der Waals surface area contributed by atoms with Crippen molar-refractivity contribution in [2.24, 2.45) is 0 Å². The zero-order valence-electron chi connectivity index (χ0n) is 11.1. The van der Waals surface area contributed by atoms with Gasteiger partial charge in [0.15, 0.2) is 5.78 Å². The van der Waals surface area contributed by atoms with Crippen LogP contribution in [-0.4, -0.2) is 12.9 Å². The molecule has 0 atom stereocenters. The number of carbonyl (C=O) groups excluding carboxylic acids is 1. The second-order valence-electron chi connectivity index (χ2n) is 4.29. The third-order valence-corrected chi connectivity index (χ3v) is 2.93. The van der Waals surface area contributed by atoms with E-state index in [0.717, 1.165) is 16.9 Å². The SMILES string of the molecule is COc1ccc(C(=O)/C=C/c2ccccc2)c(C)c1. The van der Waals surface area contributed by atoms with E-state index >= 15 is 0 Å². The normalized spacial score (nSPS) is 10.6. The van der Waals surface area contributed by atoms with Crippen molar-refractivity contribution < 1.29 is 9.53 Å². The molecule has 0 aliphatic carbocycles. The minimum Gasteiger partial charge on any atom is -0.497 e. The van der Waals surface area contributed by atoms with Crippen LogP contribution in [0.15, 0.2) is 54.6 Å². The molecule has 0 heterocycles. The van der Waals surface area contributed by atoms with Crippen LogP contribution in [0, 0.1) is 6.92 Å². The summed E-state index contributed by atoms with van der Waals surface area (Å²) in [5.41, 5.74) is 2.64. The predicted octanol–water partition coefficient (Wildman–Crippen LogP) is 3.90. The van der Waals surface area contributed by atoms with Gasteiger partial charge in [-0.25, -0.2) is 0 Å². The van der Waals surface area contributed by atoms with E-state index in [2.05, 4.69) is 0 Å². The van der Waals surface area contributed by atoms with E-state index in [1.54, 1.807) is 25.3 Å². The van der Waals surface area contributed by atoms with Gasteiger partial charge in [-0.1, -0.05) is 36.4 Å². The molecule has 2 heteroatoms. The van der Waals surface area contributed by atoms with Crippen molar-refractivity contribution in [2.45, 2.75) is 6.92 Å². The first kappa shape index (κ1) is 13.1. The Bertz CT molecular complexity index is 598. The van der Waals surface area contributed by atoms with Crippen LogP contribution in [0.1, 0.15) is 21.5 Å². The van der Waals surface area contributed by atoms with Gasteiger partial charge in [0.25, 0.3) is 0 Å². The highest BCUT2D eigenvalue weighted by Gasteiger charge is 2.06. The zero-order valence-corrected chi connectivity index (χ0v) is 11.1. The topological polar surface area (TPSA) is 26.3 Å². The molecule has 96 valence electrons. The maximum absolute atomic E-state index is 12.1. The summed E-state index contributed by atoms with van der Waals surface area (Å²) in [6, 6.07) is 15.2. The van der Waals surface area contributed by atoms with E-state index in [1.807, 2.05) is 49.4 Å². The van der Waals surface area contributed by atoms with Crippen LogP contribution in [0.4, 0.5) is 0 Å². The smallest absolute Gasteiger partial charge is 0.186 e. The lowest BCUT2D eigenvalue weighted by atomic mass is 10.0. The van der Waals surface area contributed by atoms with Crippen LogP contribution in [0.25, 0.3) is 6.08 Å². The number of hydrogen-bond donors (Lipinski definition) is 0. The summed E-state index contributed by atoms with van der Waals surface area (Å²) in [5, 5.41) is 0. The lowest BCUT2D eigenvalue weighted by Crippen LogP contribution is -1.98. The van der Waals surface area contributed by atoms with Crippen molar-refractivity contribution in [3.8, 4) is 5.75 Å². The summed E-state index contributed by atoms with van der Waals surface area (Å²) >= 11 is 0. The molecule has 0 N–H and O–H groups in total. The van der Waals surface area contributed by atoms with Crippen molar-refractivity contribution in [1.29, 1.82) is 0 Å². The number of benzene rings is 2. The zero-order chi connectivity index (χ0) is 13.7. The Labute approximate surface area is 113 Å². The van der Waals surface area contributed by atoms with Gasteiger partial charge in [0.2, 0.25) is 0 Å². The van der Waals surface area contributed by atoms with E-state index in [0.29, 0.717) is 5.56 Å². The first-order chi connectivity index (χ1) is 9.20. The Kier molecular flexibility index (Phi) is 4.14. The summed E-state index contributed by atoms with van der Waals surface area (Å²) in [6.07, 6.45) is 3.43. The molecule has 0 amide bonds. The van der Waals surface area contributed by atoms with Crippen molar-refractivity contribution in [3.63, 3.8) is 0 Å². The number of ether oxygens (including phenoxy) is 1. The van der Waals surface area contributed by atoms with Crippen LogP contribution >= 0.6 is 0 Å². The summed E-state index contributed by atoms with van der Waals surface area (Å²) in [5.74, 6) is 0.769. The fourth-order valence-corrected chi connectivity index (χ4v) is 1.87. The number of allylic oxidation sites excluding steroid dienone is 1. The highest BCUT2D eigenvalue weighted by atomic mass is 16.5. The third kappa shape index (κ3) is 3.32. The van der Waals surface area contributed by atoms with Gasteiger partial charge in [-0.3, -0.25) is 4.79 Å². The number of rotatable bonds is 4. The van der Waals surface area contributed by atoms with E-state index in [4.69, 9.17) is 4.74 Å². The van der Waals surface area contributed by atoms with Gasteiger partial charge in [-0.2, -0.15) is 0 Å². The summed E-state index contributed by atoms with van der Waals surface area (Å²) in [7, 11) is 1.62. The van der Waals surface area contributed by atoms with Gasteiger partial charge >= 0.3 is 0 Å². The Morgan fingerprint density at radius 1 is 1.11 bits per heavy atom. The average Bonchev–Trinajstić information content (AvgIpc) is 2.45. The van der Waals surface area contributed by atoms with E-state index < -0.39 is 0 Å². The van der Waals surface area contributed by atoms with Crippen LogP contribution in [0.2, 0.25) is 0 Å². The first-order valence-electron chi connectivity index (χ1n) is 6.13. The number of hydrogen-bond acceptors (Lipinski definition) is 2. The molecule has 0 saturated heterocycles. The maximum Gasteiger partial charge on any atom is 0.186 e. The van der Waals surface area contributed by atoms with Gasteiger partial charge in [-0.05, 0) is 42.3 Å². The fourth-order valence-electron chi connectivity index (χ4n) is 1.87.